The van der Waals surface area contributed by atoms with Crippen LogP contribution in [0.4, 0.5) is 0 Å². The molecule has 1 amide bonds. The number of amides is 1. The lowest BCUT2D eigenvalue weighted by Gasteiger charge is -2.30. The van der Waals surface area contributed by atoms with Crippen LogP contribution in [0.5, 0.6) is 0 Å². The van der Waals surface area contributed by atoms with E-state index in [2.05, 4.69) is 4.99 Å². The summed E-state index contributed by atoms with van der Waals surface area (Å²) in [5.41, 5.74) is 10.8. The lowest BCUT2D eigenvalue weighted by Crippen LogP contribution is -2.56. The summed E-state index contributed by atoms with van der Waals surface area (Å²) in [6.07, 6.45) is -0.373. The molecule has 17 heavy (non-hydrogen) atoms. The van der Waals surface area contributed by atoms with Gasteiger partial charge in [-0.2, -0.15) is 4.99 Å². The van der Waals surface area contributed by atoms with E-state index in [9.17, 15) is 14.4 Å². The van der Waals surface area contributed by atoms with Crippen molar-refractivity contribution < 1.29 is 23.9 Å². The Hall–Kier alpha value is -2.16. The molecule has 1 spiro atoms. The zero-order chi connectivity index (χ0) is 12.8. The fraction of sp³-hybridized carbons (Fsp3) is 0.500. The fourth-order valence-corrected chi connectivity index (χ4v) is 1.46. The maximum absolute atomic E-state index is 11.6. The third-order valence-corrected chi connectivity index (χ3v) is 2.45. The highest BCUT2D eigenvalue weighted by Crippen LogP contribution is 2.28. The van der Waals surface area contributed by atoms with E-state index >= 15 is 0 Å². The van der Waals surface area contributed by atoms with Crippen LogP contribution in [0.1, 0.15) is 6.42 Å². The lowest BCUT2D eigenvalue weighted by molar-refractivity contribution is -0.248. The summed E-state index contributed by atoms with van der Waals surface area (Å²) in [7, 11) is 1.31. The van der Waals surface area contributed by atoms with Gasteiger partial charge in [-0.05, 0) is 0 Å². The van der Waals surface area contributed by atoms with Crippen LogP contribution < -0.4 is 11.5 Å². The number of nitrogens with two attached hydrogens (primary N) is 2. The van der Waals surface area contributed by atoms with Crippen molar-refractivity contribution in [3.63, 3.8) is 0 Å². The quantitative estimate of drug-likeness (QED) is 0.436. The smallest absolute Gasteiger partial charge is 0.396 e. The van der Waals surface area contributed by atoms with Crippen molar-refractivity contribution in [1.29, 1.82) is 0 Å². The Balaban J connectivity index is 2.41. The molecule has 92 valence electrons. The SMILES string of the molecule is CN1C(N)=NC(=O)C12OC(=O)CC(N)C(=O)O2. The summed E-state index contributed by atoms with van der Waals surface area (Å²) >= 11 is 0. The molecule has 9 heteroatoms. The highest BCUT2D eigenvalue weighted by Gasteiger charge is 2.58. The van der Waals surface area contributed by atoms with Gasteiger partial charge in [-0.3, -0.25) is 19.3 Å². The van der Waals surface area contributed by atoms with E-state index in [1.807, 2.05) is 0 Å². The zero-order valence-electron chi connectivity index (χ0n) is 8.87. The number of hydrogen-bond donors (Lipinski definition) is 2. The van der Waals surface area contributed by atoms with E-state index in [4.69, 9.17) is 20.9 Å². The minimum absolute atomic E-state index is 0.217. The van der Waals surface area contributed by atoms with Gasteiger partial charge in [0.1, 0.15) is 6.04 Å². The molecular formula is C8H10N4O5. The molecule has 2 rings (SSSR count). The first-order chi connectivity index (χ1) is 7.86. The Morgan fingerprint density at radius 2 is 2.06 bits per heavy atom. The fourth-order valence-electron chi connectivity index (χ4n) is 1.46. The van der Waals surface area contributed by atoms with Gasteiger partial charge in [-0.15, -0.1) is 0 Å². The van der Waals surface area contributed by atoms with E-state index in [0.29, 0.717) is 0 Å². The van der Waals surface area contributed by atoms with Gasteiger partial charge in [-0.25, -0.2) is 0 Å². The number of guanidine groups is 1. The number of carbonyl (C=O) groups is 3. The Morgan fingerprint density at radius 1 is 1.41 bits per heavy atom. The largest absolute Gasteiger partial charge is 0.431 e. The Morgan fingerprint density at radius 3 is 2.59 bits per heavy atom. The first-order valence-corrected chi connectivity index (χ1v) is 4.69. The van der Waals surface area contributed by atoms with Gasteiger partial charge in [0.15, 0.2) is 0 Å². The predicted molar refractivity (Wildman–Crippen MR) is 51.9 cm³/mol. The molecule has 2 unspecified atom stereocenters. The summed E-state index contributed by atoms with van der Waals surface area (Å²) in [6.45, 7) is 0. The van der Waals surface area contributed by atoms with E-state index < -0.39 is 29.8 Å². The number of esters is 2. The van der Waals surface area contributed by atoms with Gasteiger partial charge in [0, 0.05) is 7.05 Å². The highest BCUT2D eigenvalue weighted by atomic mass is 16.8. The van der Waals surface area contributed by atoms with E-state index in [1.54, 1.807) is 0 Å². The van der Waals surface area contributed by atoms with E-state index in [1.165, 1.54) is 7.05 Å². The molecule has 0 radical (unpaired) electrons. The van der Waals surface area contributed by atoms with Crippen LogP contribution >= 0.6 is 0 Å². The van der Waals surface area contributed by atoms with Crippen LogP contribution in [-0.2, 0) is 23.9 Å². The van der Waals surface area contributed by atoms with Gasteiger partial charge in [0.2, 0.25) is 5.96 Å². The number of aliphatic imine (C=N–C) groups is 1. The van der Waals surface area contributed by atoms with Crippen molar-refractivity contribution in [2.45, 2.75) is 18.4 Å². The molecule has 2 heterocycles. The number of nitrogens with zero attached hydrogens (tertiary/aromatic N) is 2. The zero-order valence-corrected chi connectivity index (χ0v) is 8.87. The third kappa shape index (κ3) is 1.51. The molecule has 4 N–H and O–H groups in total. The molecule has 0 aliphatic carbocycles. The second kappa shape index (κ2) is 3.42. The van der Waals surface area contributed by atoms with Crippen LogP contribution in [0, 0.1) is 0 Å². The molecule has 0 bridgehead atoms. The molecule has 1 fully saturated rings. The summed E-state index contributed by atoms with van der Waals surface area (Å²) in [4.78, 5) is 38.8. The number of rotatable bonds is 0. The summed E-state index contributed by atoms with van der Waals surface area (Å²) in [5.74, 6) is -5.21. The maximum Gasteiger partial charge on any atom is 0.431 e. The molecule has 2 aliphatic rings. The van der Waals surface area contributed by atoms with Crippen LogP contribution in [0.3, 0.4) is 0 Å². The second-order valence-electron chi connectivity index (χ2n) is 3.62. The van der Waals surface area contributed by atoms with Gasteiger partial charge < -0.3 is 20.9 Å². The lowest BCUT2D eigenvalue weighted by atomic mass is 10.2. The molecule has 2 atom stereocenters. The number of hydrogen-bond acceptors (Lipinski definition) is 8. The van der Waals surface area contributed by atoms with Gasteiger partial charge in [-0.1, -0.05) is 0 Å². The first kappa shape index (κ1) is 11.3. The topological polar surface area (TPSA) is 137 Å². The Bertz CT molecular complexity index is 447. The minimum atomic E-state index is -2.24. The maximum atomic E-state index is 11.6. The molecule has 0 aromatic rings. The Kier molecular flexibility index (Phi) is 2.28. The number of ether oxygens (including phenoxy) is 2. The van der Waals surface area contributed by atoms with Crippen LogP contribution in [0.2, 0.25) is 0 Å². The van der Waals surface area contributed by atoms with Gasteiger partial charge in [0.05, 0.1) is 6.42 Å². The normalized spacial score (nSPS) is 33.3. The van der Waals surface area contributed by atoms with E-state index in [-0.39, 0.29) is 12.4 Å². The standard InChI is InChI=1S/C8H10N4O5/c1-12-7(10)11-6(15)8(12)16-4(13)2-3(9)5(14)17-8/h3H,2,9H2,1H3,(H2,10,11,15). The second-order valence-corrected chi connectivity index (χ2v) is 3.62. The van der Waals surface area contributed by atoms with Gasteiger partial charge >= 0.3 is 23.8 Å². The van der Waals surface area contributed by atoms with Gasteiger partial charge in [0.25, 0.3) is 0 Å². The molecule has 0 saturated carbocycles. The average Bonchev–Trinajstić information content (AvgIpc) is 2.37. The van der Waals surface area contributed by atoms with Crippen LogP contribution in [0.15, 0.2) is 4.99 Å². The summed E-state index contributed by atoms with van der Waals surface area (Å²) in [6, 6.07) is -1.18. The molecular weight excluding hydrogens is 232 g/mol. The van der Waals surface area contributed by atoms with Crippen molar-refractivity contribution in [2.24, 2.45) is 16.5 Å². The van der Waals surface area contributed by atoms with Crippen LogP contribution in [-0.4, -0.2) is 47.7 Å². The Labute approximate surface area is 95.3 Å². The van der Waals surface area contributed by atoms with E-state index in [0.717, 1.165) is 4.90 Å². The molecule has 9 nitrogen and oxygen atoms in total. The number of carbonyl (C=O) groups excluding carboxylic acids is 3. The molecule has 2 aliphatic heterocycles. The third-order valence-electron chi connectivity index (χ3n) is 2.45. The van der Waals surface area contributed by atoms with Crippen molar-refractivity contribution in [1.82, 2.24) is 4.90 Å². The average molecular weight is 242 g/mol. The van der Waals surface area contributed by atoms with Crippen molar-refractivity contribution in [3.05, 3.63) is 0 Å². The van der Waals surface area contributed by atoms with Crippen molar-refractivity contribution in [3.8, 4) is 0 Å². The van der Waals surface area contributed by atoms with Crippen molar-refractivity contribution in [2.75, 3.05) is 7.05 Å². The summed E-state index contributed by atoms with van der Waals surface area (Å²) < 4.78 is 9.63. The highest BCUT2D eigenvalue weighted by molar-refractivity contribution is 6.05. The summed E-state index contributed by atoms with van der Waals surface area (Å²) in [5, 5.41) is 0. The molecule has 1 saturated heterocycles. The number of likely N-dealkylation sites (N-methyl/N-ethyl adjacent to an activating group) is 1. The van der Waals surface area contributed by atoms with Crippen molar-refractivity contribution >= 4 is 23.8 Å². The first-order valence-electron chi connectivity index (χ1n) is 4.69. The predicted octanol–water partition coefficient (Wildman–Crippen LogP) is -2.76. The monoisotopic (exact) mass is 242 g/mol. The van der Waals surface area contributed by atoms with Crippen LogP contribution in [0.25, 0.3) is 0 Å². The molecule has 0 aromatic heterocycles. The minimum Gasteiger partial charge on any atom is -0.396 e. The molecule has 0 aromatic carbocycles.